The van der Waals surface area contributed by atoms with Gasteiger partial charge in [0.25, 0.3) is 5.91 Å². The van der Waals surface area contributed by atoms with Crippen LogP contribution >= 0.6 is 0 Å². The molecule has 190 valence electrons. The molecule has 0 spiro atoms. The summed E-state index contributed by atoms with van der Waals surface area (Å²) < 4.78 is 16.7. The molecule has 3 atom stereocenters. The van der Waals surface area contributed by atoms with E-state index in [9.17, 15) is 4.79 Å². The van der Waals surface area contributed by atoms with Crippen LogP contribution in [0.25, 0.3) is 0 Å². The molecule has 3 aliphatic rings. The van der Waals surface area contributed by atoms with Gasteiger partial charge >= 0.3 is 0 Å². The maximum Gasteiger partial charge on any atom is 0.254 e. The van der Waals surface area contributed by atoms with E-state index in [0.29, 0.717) is 25.7 Å². The van der Waals surface area contributed by atoms with Crippen molar-refractivity contribution in [2.45, 2.75) is 25.3 Å². The number of para-hydroxylation sites is 1. The maximum atomic E-state index is 12.4. The van der Waals surface area contributed by atoms with Gasteiger partial charge in [0, 0.05) is 30.3 Å². The third-order valence-corrected chi connectivity index (χ3v) is 7.37. The van der Waals surface area contributed by atoms with Crippen molar-refractivity contribution in [3.8, 4) is 11.5 Å². The largest absolute Gasteiger partial charge is 0.493 e. The molecule has 1 saturated heterocycles. The highest BCUT2D eigenvalue weighted by atomic mass is 16.5. The summed E-state index contributed by atoms with van der Waals surface area (Å²) in [7, 11) is 3.36. The lowest BCUT2D eigenvalue weighted by atomic mass is 9.76. The molecule has 5 rings (SSSR count). The van der Waals surface area contributed by atoms with Gasteiger partial charge in [0.1, 0.15) is 0 Å². The van der Waals surface area contributed by atoms with E-state index < -0.39 is 0 Å². The highest BCUT2D eigenvalue weighted by molar-refractivity contribution is 6.00. The SMILES string of the molecule is COc1cccc([C@@H]2Nc3ccc(/C(C)=N\NC(=O)CN4CCOCC4)cc3[C@@H]3C=CC[C@@H]32)c1OC. The number of morpholine rings is 1. The van der Waals surface area contributed by atoms with Crippen molar-refractivity contribution in [3.63, 3.8) is 0 Å². The number of hydrogen-bond acceptors (Lipinski definition) is 7. The maximum absolute atomic E-state index is 12.4. The Morgan fingerprint density at radius 1 is 1.17 bits per heavy atom. The first-order chi connectivity index (χ1) is 17.6. The van der Waals surface area contributed by atoms with Gasteiger partial charge in [0.2, 0.25) is 0 Å². The van der Waals surface area contributed by atoms with E-state index in [2.05, 4.69) is 57.2 Å². The van der Waals surface area contributed by atoms with E-state index in [1.54, 1.807) is 14.2 Å². The molecule has 0 bridgehead atoms. The molecule has 8 heteroatoms. The monoisotopic (exact) mass is 490 g/mol. The van der Waals surface area contributed by atoms with Crippen molar-refractivity contribution >= 4 is 17.3 Å². The molecule has 36 heavy (non-hydrogen) atoms. The molecule has 0 radical (unpaired) electrons. The van der Waals surface area contributed by atoms with E-state index >= 15 is 0 Å². The number of hydrazone groups is 1. The minimum absolute atomic E-state index is 0.0997. The number of anilines is 1. The van der Waals surface area contributed by atoms with Crippen molar-refractivity contribution in [2.75, 3.05) is 52.4 Å². The zero-order chi connectivity index (χ0) is 25.1. The van der Waals surface area contributed by atoms with Crippen LogP contribution < -0.4 is 20.2 Å². The van der Waals surface area contributed by atoms with E-state index in [1.165, 1.54) is 5.56 Å². The summed E-state index contributed by atoms with van der Waals surface area (Å²) in [5.74, 6) is 2.05. The Balaban J connectivity index is 1.35. The topological polar surface area (TPSA) is 84.4 Å². The van der Waals surface area contributed by atoms with E-state index in [1.807, 2.05) is 19.1 Å². The second-order valence-electron chi connectivity index (χ2n) is 9.48. The smallest absolute Gasteiger partial charge is 0.254 e. The molecule has 2 aromatic carbocycles. The van der Waals surface area contributed by atoms with Gasteiger partial charge in [-0.15, -0.1) is 0 Å². The molecule has 0 aromatic heterocycles. The molecule has 2 heterocycles. The number of carbonyl (C=O) groups excluding carboxylic acids is 1. The molecule has 2 aliphatic heterocycles. The fourth-order valence-corrected chi connectivity index (χ4v) is 5.49. The van der Waals surface area contributed by atoms with E-state index in [4.69, 9.17) is 14.2 Å². The third-order valence-electron chi connectivity index (χ3n) is 7.37. The van der Waals surface area contributed by atoms with Crippen molar-refractivity contribution < 1.29 is 19.0 Å². The summed E-state index contributed by atoms with van der Waals surface area (Å²) in [5.41, 5.74) is 7.95. The number of rotatable bonds is 7. The van der Waals surface area contributed by atoms with Gasteiger partial charge < -0.3 is 19.5 Å². The fourth-order valence-electron chi connectivity index (χ4n) is 5.49. The third kappa shape index (κ3) is 4.83. The molecule has 2 N–H and O–H groups in total. The normalized spacial score (nSPS) is 23.4. The van der Waals surface area contributed by atoms with Crippen LogP contribution in [0.2, 0.25) is 0 Å². The van der Waals surface area contributed by atoms with Crippen LogP contribution in [0, 0.1) is 5.92 Å². The Morgan fingerprint density at radius 3 is 2.78 bits per heavy atom. The molecule has 1 fully saturated rings. The van der Waals surface area contributed by atoms with Crippen LogP contribution in [0.1, 0.15) is 42.0 Å². The first-order valence-electron chi connectivity index (χ1n) is 12.5. The molecule has 0 unspecified atom stereocenters. The molecule has 8 nitrogen and oxygen atoms in total. The second-order valence-corrected chi connectivity index (χ2v) is 9.48. The average molecular weight is 491 g/mol. The van der Waals surface area contributed by atoms with Crippen molar-refractivity contribution in [2.24, 2.45) is 11.0 Å². The van der Waals surface area contributed by atoms with Crippen LogP contribution in [0.5, 0.6) is 11.5 Å². The number of hydrogen-bond donors (Lipinski definition) is 2. The van der Waals surface area contributed by atoms with Crippen LogP contribution in [0.15, 0.2) is 53.7 Å². The van der Waals surface area contributed by atoms with Gasteiger partial charge in [-0.3, -0.25) is 9.69 Å². The highest BCUT2D eigenvalue weighted by Gasteiger charge is 2.39. The summed E-state index contributed by atoms with van der Waals surface area (Å²) in [6.07, 6.45) is 5.56. The lowest BCUT2D eigenvalue weighted by molar-refractivity contribution is -0.123. The predicted octanol–water partition coefficient (Wildman–Crippen LogP) is 3.70. The van der Waals surface area contributed by atoms with Gasteiger partial charge in [-0.25, -0.2) is 5.43 Å². The van der Waals surface area contributed by atoms with Gasteiger partial charge in [-0.05, 0) is 48.6 Å². The van der Waals surface area contributed by atoms with Gasteiger partial charge in [-0.1, -0.05) is 30.4 Å². The summed E-state index contributed by atoms with van der Waals surface area (Å²) >= 11 is 0. The number of benzene rings is 2. The summed E-state index contributed by atoms with van der Waals surface area (Å²) in [5, 5.41) is 8.16. The van der Waals surface area contributed by atoms with Crippen LogP contribution in [-0.2, 0) is 9.53 Å². The second kappa shape index (κ2) is 10.7. The Hall–Kier alpha value is -3.36. The van der Waals surface area contributed by atoms with E-state index in [0.717, 1.165) is 53.5 Å². The molecular weight excluding hydrogens is 456 g/mol. The zero-order valence-corrected chi connectivity index (χ0v) is 21.1. The Labute approximate surface area is 212 Å². The number of allylic oxidation sites excluding steroid dienone is 2. The van der Waals surface area contributed by atoms with Crippen LogP contribution in [0.4, 0.5) is 5.69 Å². The highest BCUT2D eigenvalue weighted by Crippen LogP contribution is 2.52. The minimum atomic E-state index is -0.107. The number of amides is 1. The standard InChI is InChI=1S/C28H34N4O4/c1-18(30-31-26(33)17-32-12-14-36-15-13-32)19-10-11-24-23(16-19)20-6-4-7-21(20)27(29-24)22-8-5-9-25(34-2)28(22)35-3/h4-6,8-11,16,20-21,27,29H,7,12-15,17H2,1-3H3,(H,31,33)/b30-18-/t20-,21+,27-/m1/s1. The van der Waals surface area contributed by atoms with E-state index in [-0.39, 0.29) is 17.9 Å². The van der Waals surface area contributed by atoms with Crippen molar-refractivity contribution in [3.05, 3.63) is 65.2 Å². The number of nitrogens with one attached hydrogen (secondary N) is 2. The summed E-state index contributed by atoms with van der Waals surface area (Å²) in [6.45, 7) is 5.14. The number of methoxy groups -OCH3 is 2. The zero-order valence-electron chi connectivity index (χ0n) is 21.1. The van der Waals surface area contributed by atoms with Gasteiger partial charge in [0.15, 0.2) is 11.5 Å². The summed E-state index contributed by atoms with van der Waals surface area (Å²) in [4.78, 5) is 14.4. The number of fused-ring (bicyclic) bond motifs is 3. The Kier molecular flexibility index (Phi) is 7.25. The first-order valence-corrected chi connectivity index (χ1v) is 12.5. The van der Waals surface area contributed by atoms with Gasteiger partial charge in [-0.2, -0.15) is 5.10 Å². The first kappa shape index (κ1) is 24.3. The number of nitrogens with zero attached hydrogens (tertiary/aromatic N) is 2. The Bertz CT molecular complexity index is 1170. The Morgan fingerprint density at radius 2 is 2.00 bits per heavy atom. The number of carbonyl (C=O) groups is 1. The van der Waals surface area contributed by atoms with Crippen LogP contribution in [0.3, 0.4) is 0 Å². The van der Waals surface area contributed by atoms with Crippen LogP contribution in [-0.4, -0.2) is 63.6 Å². The molecule has 1 amide bonds. The minimum Gasteiger partial charge on any atom is -0.493 e. The molecule has 1 aliphatic carbocycles. The average Bonchev–Trinajstić information content (AvgIpc) is 3.41. The van der Waals surface area contributed by atoms with Crippen molar-refractivity contribution in [1.82, 2.24) is 10.3 Å². The van der Waals surface area contributed by atoms with Crippen molar-refractivity contribution in [1.29, 1.82) is 0 Å². The predicted molar refractivity (Wildman–Crippen MR) is 140 cm³/mol. The summed E-state index contributed by atoms with van der Waals surface area (Å²) in [6, 6.07) is 12.5. The number of ether oxygens (including phenoxy) is 3. The molecular formula is C28H34N4O4. The lowest BCUT2D eigenvalue weighted by Crippen LogP contribution is -2.42. The molecule has 2 aromatic rings. The van der Waals surface area contributed by atoms with Gasteiger partial charge in [0.05, 0.1) is 45.7 Å². The molecule has 0 saturated carbocycles. The lowest BCUT2D eigenvalue weighted by Gasteiger charge is -2.38. The quantitative estimate of drug-likeness (QED) is 0.350. The fraction of sp³-hybridized carbons (Fsp3) is 0.429.